The molecule has 1 aliphatic heterocycles. The smallest absolute Gasteiger partial charge is 0.274 e. The number of nitrogens with zero attached hydrogens (tertiary/aromatic N) is 3. The lowest BCUT2D eigenvalue weighted by atomic mass is 9.98. The lowest BCUT2D eigenvalue weighted by Crippen LogP contribution is -2.30. The summed E-state index contributed by atoms with van der Waals surface area (Å²) in [5, 5.41) is 0. The summed E-state index contributed by atoms with van der Waals surface area (Å²) in [7, 11) is 3.72. The molecule has 0 spiro atoms. The summed E-state index contributed by atoms with van der Waals surface area (Å²) in [4.78, 5) is 15.5. The Kier molecular flexibility index (Phi) is 6.42. The van der Waals surface area contributed by atoms with Crippen molar-refractivity contribution in [3.63, 3.8) is 0 Å². The van der Waals surface area contributed by atoms with Crippen LogP contribution < -0.4 is 10.3 Å². The van der Waals surface area contributed by atoms with E-state index < -0.39 is 0 Å². The van der Waals surface area contributed by atoms with E-state index in [1.165, 1.54) is 11.1 Å². The maximum Gasteiger partial charge on any atom is 0.274 e. The number of para-hydroxylation sites is 2. The predicted molar refractivity (Wildman–Crippen MR) is 125 cm³/mol. The van der Waals surface area contributed by atoms with Crippen molar-refractivity contribution in [3.05, 3.63) is 93.4 Å². The quantitative estimate of drug-likeness (QED) is 0.543. The van der Waals surface area contributed by atoms with Crippen LogP contribution in [-0.4, -0.2) is 34.5 Å². The molecule has 0 atom stereocenters. The molecule has 0 N–H and O–H groups in total. The lowest BCUT2D eigenvalue weighted by molar-refractivity contribution is 0.275. The van der Waals surface area contributed by atoms with Crippen LogP contribution in [0.5, 0.6) is 5.75 Å². The van der Waals surface area contributed by atoms with Gasteiger partial charge in [-0.05, 0) is 43.0 Å². The van der Waals surface area contributed by atoms with Crippen molar-refractivity contribution < 1.29 is 4.74 Å². The van der Waals surface area contributed by atoms with Crippen molar-refractivity contribution in [1.29, 1.82) is 0 Å². The Balaban J connectivity index is 1.51. The van der Waals surface area contributed by atoms with E-state index >= 15 is 0 Å². The van der Waals surface area contributed by atoms with Crippen LogP contribution in [0.1, 0.15) is 30.2 Å². The molecule has 31 heavy (non-hydrogen) atoms. The van der Waals surface area contributed by atoms with Crippen LogP contribution in [-0.2, 0) is 26.4 Å². The molecule has 1 aliphatic rings. The van der Waals surface area contributed by atoms with Gasteiger partial charge in [-0.3, -0.25) is 14.4 Å². The number of aromatic nitrogens is 2. The molecule has 0 fully saturated rings. The number of ether oxygens (including phenoxy) is 1. The molecule has 0 aliphatic carbocycles. The molecule has 2 heterocycles. The van der Waals surface area contributed by atoms with E-state index in [9.17, 15) is 4.79 Å². The third kappa shape index (κ3) is 4.37. The first-order valence-corrected chi connectivity index (χ1v) is 11.0. The zero-order valence-electron chi connectivity index (χ0n) is 18.7. The highest BCUT2D eigenvalue weighted by Gasteiger charge is 2.21. The lowest BCUT2D eigenvalue weighted by Gasteiger charge is -2.27. The van der Waals surface area contributed by atoms with E-state index in [0.29, 0.717) is 0 Å². The van der Waals surface area contributed by atoms with E-state index in [-0.39, 0.29) is 5.56 Å². The molecule has 1 aromatic heterocycles. The van der Waals surface area contributed by atoms with Gasteiger partial charge in [-0.25, -0.2) is 4.68 Å². The first-order valence-electron chi connectivity index (χ1n) is 11.0. The second-order valence-electron chi connectivity index (χ2n) is 8.09. The van der Waals surface area contributed by atoms with Crippen LogP contribution in [0.15, 0.2) is 71.0 Å². The van der Waals surface area contributed by atoms with E-state index in [1.807, 2.05) is 54.2 Å². The van der Waals surface area contributed by atoms with Gasteiger partial charge >= 0.3 is 0 Å². The Morgan fingerprint density at radius 3 is 2.45 bits per heavy atom. The third-order valence-corrected chi connectivity index (χ3v) is 6.21. The standard InChI is InChI=1S/C26H31N3O2/c1-4-23-24(27(2)29(26(23)30)22-11-6-5-7-12-22)19-28-16-14-20(15-17-28)18-21-10-8-9-13-25(21)31-3/h5-14H,4,15-19H2,1-3H3. The maximum absolute atomic E-state index is 13.1. The minimum absolute atomic E-state index is 0.0932. The molecule has 2 aromatic carbocycles. The third-order valence-electron chi connectivity index (χ3n) is 6.21. The molecule has 3 aromatic rings. The molecular formula is C26H31N3O2. The molecule has 5 nitrogen and oxygen atoms in total. The van der Waals surface area contributed by atoms with E-state index in [2.05, 4.69) is 30.0 Å². The second-order valence-corrected chi connectivity index (χ2v) is 8.09. The zero-order chi connectivity index (χ0) is 21.8. The monoisotopic (exact) mass is 417 g/mol. The van der Waals surface area contributed by atoms with Gasteiger partial charge in [0.2, 0.25) is 0 Å². The molecular weight excluding hydrogens is 386 g/mol. The number of benzene rings is 2. The van der Waals surface area contributed by atoms with Crippen LogP contribution in [0.4, 0.5) is 0 Å². The summed E-state index contributed by atoms with van der Waals surface area (Å²) in [6.45, 7) is 4.75. The van der Waals surface area contributed by atoms with Crippen LogP contribution in [0.25, 0.3) is 5.69 Å². The Morgan fingerprint density at radius 1 is 1.03 bits per heavy atom. The van der Waals surface area contributed by atoms with Gasteiger partial charge in [-0.15, -0.1) is 0 Å². The average molecular weight is 418 g/mol. The van der Waals surface area contributed by atoms with Crippen molar-refractivity contribution in [2.24, 2.45) is 7.05 Å². The Hall–Kier alpha value is -3.05. The largest absolute Gasteiger partial charge is 0.496 e. The van der Waals surface area contributed by atoms with Gasteiger partial charge in [0.1, 0.15) is 5.75 Å². The highest BCUT2D eigenvalue weighted by molar-refractivity contribution is 5.37. The highest BCUT2D eigenvalue weighted by Crippen LogP contribution is 2.24. The summed E-state index contributed by atoms with van der Waals surface area (Å²) in [6, 6.07) is 18.1. The van der Waals surface area contributed by atoms with E-state index in [4.69, 9.17) is 4.74 Å². The molecule has 4 rings (SSSR count). The number of methoxy groups -OCH3 is 1. The fourth-order valence-corrected chi connectivity index (χ4v) is 4.48. The van der Waals surface area contributed by atoms with Gasteiger partial charge in [-0.1, -0.05) is 55.0 Å². The predicted octanol–water partition coefficient (Wildman–Crippen LogP) is 4.12. The topological polar surface area (TPSA) is 39.4 Å². The highest BCUT2D eigenvalue weighted by atomic mass is 16.5. The van der Waals surface area contributed by atoms with Crippen molar-refractivity contribution in [1.82, 2.24) is 14.3 Å². The van der Waals surface area contributed by atoms with Crippen molar-refractivity contribution >= 4 is 0 Å². The molecule has 0 unspecified atom stereocenters. The van der Waals surface area contributed by atoms with Gasteiger partial charge in [0.15, 0.2) is 0 Å². The van der Waals surface area contributed by atoms with Gasteiger partial charge in [0.25, 0.3) is 5.56 Å². The normalized spacial score (nSPS) is 14.5. The summed E-state index contributed by atoms with van der Waals surface area (Å²) >= 11 is 0. The number of hydrogen-bond acceptors (Lipinski definition) is 3. The zero-order valence-corrected chi connectivity index (χ0v) is 18.7. The fourth-order valence-electron chi connectivity index (χ4n) is 4.48. The number of hydrogen-bond donors (Lipinski definition) is 0. The molecule has 0 bridgehead atoms. The maximum atomic E-state index is 13.1. The Labute approximate surface area is 184 Å². The molecule has 0 saturated carbocycles. The summed E-state index contributed by atoms with van der Waals surface area (Å²) < 4.78 is 9.33. The Bertz CT molecular complexity index is 1130. The van der Waals surface area contributed by atoms with Crippen LogP contribution in [0.2, 0.25) is 0 Å². The molecule has 0 amide bonds. The molecule has 0 radical (unpaired) electrons. The van der Waals surface area contributed by atoms with Crippen LogP contribution >= 0.6 is 0 Å². The van der Waals surface area contributed by atoms with Crippen molar-refractivity contribution in [2.45, 2.75) is 32.7 Å². The van der Waals surface area contributed by atoms with Crippen LogP contribution in [0, 0.1) is 0 Å². The van der Waals surface area contributed by atoms with Gasteiger partial charge in [0.05, 0.1) is 18.5 Å². The SMILES string of the molecule is CCc1c(CN2CC=C(Cc3ccccc3OC)CC2)n(C)n(-c2ccccc2)c1=O. The summed E-state index contributed by atoms with van der Waals surface area (Å²) in [6.07, 6.45) is 5.05. The van der Waals surface area contributed by atoms with E-state index in [0.717, 1.165) is 61.6 Å². The van der Waals surface area contributed by atoms with Gasteiger partial charge in [0, 0.05) is 32.2 Å². The van der Waals surface area contributed by atoms with Crippen molar-refractivity contribution in [2.75, 3.05) is 20.2 Å². The Morgan fingerprint density at radius 2 is 1.77 bits per heavy atom. The van der Waals surface area contributed by atoms with Crippen LogP contribution in [0.3, 0.4) is 0 Å². The summed E-state index contributed by atoms with van der Waals surface area (Å²) in [5.74, 6) is 0.954. The summed E-state index contributed by atoms with van der Waals surface area (Å²) in [5.41, 5.74) is 5.71. The minimum Gasteiger partial charge on any atom is -0.496 e. The van der Waals surface area contributed by atoms with Gasteiger partial charge < -0.3 is 4.74 Å². The van der Waals surface area contributed by atoms with Crippen molar-refractivity contribution in [3.8, 4) is 11.4 Å². The van der Waals surface area contributed by atoms with Gasteiger partial charge in [-0.2, -0.15) is 0 Å². The first kappa shape index (κ1) is 21.2. The number of rotatable bonds is 7. The average Bonchev–Trinajstić information content (AvgIpc) is 3.04. The minimum atomic E-state index is 0.0932. The molecule has 5 heteroatoms. The molecule has 162 valence electrons. The molecule has 0 saturated heterocycles. The van der Waals surface area contributed by atoms with E-state index in [1.54, 1.807) is 11.8 Å². The second kappa shape index (κ2) is 9.40. The first-order chi connectivity index (χ1) is 15.1. The fraction of sp³-hybridized carbons (Fsp3) is 0.346.